The van der Waals surface area contributed by atoms with Crippen LogP contribution in [0.1, 0.15) is 609 Å². The van der Waals surface area contributed by atoms with Crippen molar-refractivity contribution in [1.29, 1.82) is 0 Å². The van der Waals surface area contributed by atoms with Crippen LogP contribution in [0.5, 0.6) is 0 Å². The van der Waals surface area contributed by atoms with E-state index < -0.39 is 0 Å². The molecule has 0 aliphatic heterocycles. The molecule has 11 heterocycles. The van der Waals surface area contributed by atoms with Gasteiger partial charge in [0.1, 0.15) is 12.7 Å². The second-order valence-corrected chi connectivity index (χ2v) is 44.6. The fourth-order valence-electron chi connectivity index (χ4n) is 15.6. The molecular formula is C124H196N20. The number of nitrogens with zero attached hydrogens (tertiary/aromatic N) is 20. The highest BCUT2D eigenvalue weighted by Gasteiger charge is 2.20. The third kappa shape index (κ3) is 47.6. The third-order valence-electron chi connectivity index (χ3n) is 23.8. The molecule has 20 heteroatoms. The number of hydrogen-bond acceptors (Lipinski definition) is 20. The summed E-state index contributed by atoms with van der Waals surface area (Å²) in [7, 11) is 0. The van der Waals surface area contributed by atoms with Crippen molar-refractivity contribution < 1.29 is 0 Å². The fraction of sp³-hybridized carbons (Fsp3) is 0.581. The topological polar surface area (TPSA) is 258 Å². The molecule has 0 unspecified atom stereocenters. The lowest BCUT2D eigenvalue weighted by molar-refractivity contribution is 0.692. The minimum atomic E-state index is 0.358. The summed E-state index contributed by atoms with van der Waals surface area (Å²) in [6, 6.07) is 29.6. The van der Waals surface area contributed by atoms with Gasteiger partial charge < -0.3 is 0 Å². The molecular weight excluding hydrogens is 1770 g/mol. The molecule has 11 aromatic heterocycles. The van der Waals surface area contributed by atoms with Gasteiger partial charge in [0.05, 0.1) is 52.8 Å². The molecule has 20 nitrogen and oxygen atoms in total. The van der Waals surface area contributed by atoms with Gasteiger partial charge in [-0.25, -0.2) is 19.9 Å². The highest BCUT2D eigenvalue weighted by molar-refractivity contribution is 5.35. The summed E-state index contributed by atoms with van der Waals surface area (Å²) in [4.78, 5) is 34.3. The highest BCUT2D eigenvalue weighted by Crippen LogP contribution is 2.33. The van der Waals surface area contributed by atoms with E-state index in [0.717, 1.165) is 40.0 Å². The van der Waals surface area contributed by atoms with Gasteiger partial charge in [0.15, 0.2) is 5.82 Å². The molecule has 792 valence electrons. The summed E-state index contributed by atoms with van der Waals surface area (Å²) in [6.07, 6.45) is 25.3. The Labute approximate surface area is 877 Å². The zero-order valence-electron chi connectivity index (χ0n) is 99.0. The summed E-state index contributed by atoms with van der Waals surface area (Å²) in [6.45, 7) is 104. The van der Waals surface area contributed by atoms with Crippen LogP contribution in [-0.2, 0) is 0 Å². The molecule has 0 atom stereocenters. The van der Waals surface area contributed by atoms with Crippen molar-refractivity contribution in [2.24, 2.45) is 0 Å². The first-order valence-electron chi connectivity index (χ1n) is 53.8. The summed E-state index contributed by atoms with van der Waals surface area (Å²) in [5, 5.41) is 47.7. The number of rotatable bonds is 24. The molecule has 0 saturated carbocycles. The largest absolute Gasteiger partial charge is 0.264 e. The van der Waals surface area contributed by atoms with Crippen LogP contribution in [0.3, 0.4) is 0 Å². The van der Waals surface area contributed by atoms with Crippen LogP contribution in [-0.4, -0.2) is 101 Å². The lowest BCUT2D eigenvalue weighted by atomic mass is 9.91. The summed E-state index contributed by atoms with van der Waals surface area (Å²) in [5.41, 5.74) is 29.2. The quantitative estimate of drug-likeness (QED) is 0.0544. The molecule has 1 aromatic carbocycles. The molecule has 0 aliphatic carbocycles. The van der Waals surface area contributed by atoms with Gasteiger partial charge in [0.25, 0.3) is 0 Å². The van der Waals surface area contributed by atoms with Gasteiger partial charge in [-0.1, -0.05) is 375 Å². The maximum absolute atomic E-state index is 4.40. The second kappa shape index (κ2) is 69.3. The van der Waals surface area contributed by atoms with Crippen LogP contribution < -0.4 is 0 Å². The van der Waals surface area contributed by atoms with Crippen molar-refractivity contribution in [3.05, 3.63) is 307 Å². The third-order valence-corrected chi connectivity index (χ3v) is 23.8. The number of hydrogen-bond donors (Lipinski definition) is 0. The molecule has 0 N–H and O–H groups in total. The van der Waals surface area contributed by atoms with E-state index in [0.29, 0.717) is 142 Å². The molecule has 0 aliphatic rings. The predicted octanol–water partition coefficient (Wildman–Crippen LogP) is 35.1. The smallest absolute Gasteiger partial charge is 0.153 e. The standard InChI is InChI=1S/C12H18.4C11H17N.5C10H16N2.2C9H15N3/c1-9(2)11-7-5-6-8-12(11)10(3)4;1-8(2)10-5-6-12-7-11(10)9(3)4;3*1-8(2)10-6-5-7-12-11(10)9(3)4;1-7(2)9-5-11-6-12-10(9)8(3)4;1-7(2)9-5-11-12-6-10(9)8(3)4;3*1-7(2)9-5-6-11-12-10(9)8(3)4;1-6(2)8-9(7(3)4)12-11-5-10-8;1-6(2)8-5-10-12-9(11-8)7(3)4/h5-10H,1-4H3;4*5-9H,1-4H3;5*5-8H,1-4H3;2*5-7H,1-4H3. The molecule has 0 amide bonds. The summed E-state index contributed by atoms with van der Waals surface area (Å²) in [5.74, 6) is 13.4. The van der Waals surface area contributed by atoms with Crippen molar-refractivity contribution in [2.45, 2.75) is 474 Å². The molecule has 0 fully saturated rings. The van der Waals surface area contributed by atoms with Gasteiger partial charge >= 0.3 is 0 Å². The van der Waals surface area contributed by atoms with Crippen molar-refractivity contribution in [1.82, 2.24) is 101 Å². The molecule has 0 spiro atoms. The van der Waals surface area contributed by atoms with Crippen molar-refractivity contribution in [3.63, 3.8) is 0 Å². The van der Waals surface area contributed by atoms with E-state index >= 15 is 0 Å². The highest BCUT2D eigenvalue weighted by atomic mass is 15.2. The van der Waals surface area contributed by atoms with Gasteiger partial charge in [-0.05, 0) is 251 Å². The van der Waals surface area contributed by atoms with Gasteiger partial charge in [0.2, 0.25) is 0 Å². The first kappa shape index (κ1) is 131. The average Bonchev–Trinajstić information content (AvgIpc) is 0.868. The Kier molecular flexibility index (Phi) is 63.2. The maximum Gasteiger partial charge on any atom is 0.153 e. The van der Waals surface area contributed by atoms with Crippen molar-refractivity contribution >= 4 is 0 Å². The normalized spacial score (nSPS) is 11.2. The van der Waals surface area contributed by atoms with E-state index in [2.05, 4.69) is 500 Å². The summed E-state index contributed by atoms with van der Waals surface area (Å²) < 4.78 is 0. The van der Waals surface area contributed by atoms with Crippen molar-refractivity contribution in [3.8, 4) is 0 Å². The van der Waals surface area contributed by atoms with E-state index in [4.69, 9.17) is 0 Å². The molecule has 0 radical (unpaired) electrons. The van der Waals surface area contributed by atoms with Gasteiger partial charge in [-0.15, -0.1) is 10.2 Å². The Morgan fingerprint density at radius 3 is 0.660 bits per heavy atom. The molecule has 12 aromatic rings. The van der Waals surface area contributed by atoms with E-state index in [1.54, 1.807) is 31.1 Å². The molecule has 0 saturated heterocycles. The predicted molar refractivity (Wildman–Crippen MR) is 611 cm³/mol. The summed E-state index contributed by atoms with van der Waals surface area (Å²) >= 11 is 0. The van der Waals surface area contributed by atoms with E-state index in [1.165, 1.54) is 101 Å². The fourth-order valence-corrected chi connectivity index (χ4v) is 15.6. The Morgan fingerprint density at radius 2 is 0.403 bits per heavy atom. The second-order valence-electron chi connectivity index (χ2n) is 44.6. The first-order valence-corrected chi connectivity index (χ1v) is 53.8. The van der Waals surface area contributed by atoms with Gasteiger partial charge in [0, 0.05) is 84.5 Å². The van der Waals surface area contributed by atoms with E-state index in [9.17, 15) is 0 Å². The minimum absolute atomic E-state index is 0.358. The lowest BCUT2D eigenvalue weighted by Gasteiger charge is -2.14. The molecule has 12 rings (SSSR count). The SMILES string of the molecule is CC(C)c1ccccc1C(C)C.CC(C)c1cccnc1C(C)C.CC(C)c1cccnc1C(C)C.CC(C)c1cccnc1C(C)C.CC(C)c1ccncc1C(C)C.CC(C)c1ccnnc1C(C)C.CC(C)c1ccnnc1C(C)C.CC(C)c1ccnnc1C(C)C.CC(C)c1cncnc1C(C)C.CC(C)c1cnnc(C(C)C)n1.CC(C)c1cnncc1C(C)C.CC(C)c1ncnnc1C(C)C. The van der Waals surface area contributed by atoms with Crippen LogP contribution in [0.4, 0.5) is 0 Å². The van der Waals surface area contributed by atoms with Crippen LogP contribution in [0.2, 0.25) is 0 Å². The van der Waals surface area contributed by atoms with Crippen LogP contribution >= 0.6 is 0 Å². The first-order chi connectivity index (χ1) is 67.5. The molecule has 144 heavy (non-hydrogen) atoms. The Bertz CT molecular complexity index is 4050. The Hall–Kier alpha value is -10.8. The van der Waals surface area contributed by atoms with Crippen LogP contribution in [0, 0.1) is 0 Å². The average molecular weight is 1970 g/mol. The van der Waals surface area contributed by atoms with E-state index in [1.807, 2.05) is 67.8 Å². The van der Waals surface area contributed by atoms with Crippen LogP contribution in [0.15, 0.2) is 172 Å². The maximum atomic E-state index is 4.40. The van der Waals surface area contributed by atoms with Crippen LogP contribution in [0.25, 0.3) is 0 Å². The minimum Gasteiger partial charge on any atom is -0.264 e. The van der Waals surface area contributed by atoms with Gasteiger partial charge in [-0.3, -0.25) is 19.9 Å². The molecule has 0 bridgehead atoms. The number of pyridine rings is 4. The van der Waals surface area contributed by atoms with E-state index in [-0.39, 0.29) is 0 Å². The lowest BCUT2D eigenvalue weighted by Crippen LogP contribution is -2.05. The monoisotopic (exact) mass is 1970 g/mol. The number of aromatic nitrogens is 20. The Balaban J connectivity index is 0.000000785. The number of benzene rings is 1. The van der Waals surface area contributed by atoms with Crippen molar-refractivity contribution in [2.75, 3.05) is 0 Å². The zero-order valence-corrected chi connectivity index (χ0v) is 99.0. The van der Waals surface area contributed by atoms with Gasteiger partial charge in [-0.2, -0.15) is 51.0 Å². The Morgan fingerprint density at radius 1 is 0.146 bits per heavy atom. The zero-order chi connectivity index (χ0) is 110.